The molecule has 162 valence electrons. The number of sulfone groups is 1. The van der Waals surface area contributed by atoms with Crippen LogP contribution in [0.4, 0.5) is 9.52 Å². The van der Waals surface area contributed by atoms with Crippen molar-refractivity contribution in [3.8, 4) is 0 Å². The molecule has 1 aromatic heterocycles. The summed E-state index contributed by atoms with van der Waals surface area (Å²) in [7, 11) is -0.150. The molecule has 3 aromatic rings. The van der Waals surface area contributed by atoms with E-state index in [2.05, 4.69) is 4.98 Å². The number of hydrogen-bond acceptors (Lipinski definition) is 6. The number of fused-ring (bicyclic) bond motifs is 1. The Balaban J connectivity index is 0.00000320. The normalized spacial score (nSPS) is 11.5. The lowest BCUT2D eigenvalue weighted by Gasteiger charge is -2.22. The van der Waals surface area contributed by atoms with Crippen molar-refractivity contribution in [3.63, 3.8) is 0 Å². The van der Waals surface area contributed by atoms with Crippen molar-refractivity contribution in [2.24, 2.45) is 0 Å². The molecule has 0 atom stereocenters. The minimum Gasteiger partial charge on any atom is -0.308 e. The van der Waals surface area contributed by atoms with E-state index in [1.807, 2.05) is 44.1 Å². The number of carbonyl (C=O) groups excluding carboxylic acids is 1. The first-order valence-electron chi connectivity index (χ1n) is 8.96. The van der Waals surface area contributed by atoms with E-state index >= 15 is 0 Å². The van der Waals surface area contributed by atoms with Gasteiger partial charge in [-0.1, -0.05) is 17.4 Å². The molecule has 0 aliphatic rings. The molecular weight excluding hydrogens is 449 g/mol. The Morgan fingerprint density at radius 2 is 1.77 bits per heavy atom. The highest BCUT2D eigenvalue weighted by atomic mass is 35.5. The Hall–Kier alpha value is -2.07. The molecule has 0 aliphatic carbocycles. The van der Waals surface area contributed by atoms with Gasteiger partial charge in [0, 0.05) is 13.1 Å². The van der Waals surface area contributed by atoms with E-state index in [9.17, 15) is 17.6 Å². The van der Waals surface area contributed by atoms with Crippen LogP contribution in [-0.4, -0.2) is 57.1 Å². The van der Waals surface area contributed by atoms with E-state index in [4.69, 9.17) is 0 Å². The van der Waals surface area contributed by atoms with Gasteiger partial charge in [0.05, 0.1) is 15.1 Å². The van der Waals surface area contributed by atoms with Crippen LogP contribution in [0.5, 0.6) is 0 Å². The van der Waals surface area contributed by atoms with Crippen molar-refractivity contribution in [1.29, 1.82) is 0 Å². The molecule has 0 saturated heterocycles. The highest BCUT2D eigenvalue weighted by Gasteiger charge is 2.26. The zero-order valence-electron chi connectivity index (χ0n) is 16.8. The van der Waals surface area contributed by atoms with Gasteiger partial charge < -0.3 is 4.90 Å². The Bertz CT molecular complexity index is 1130. The second kappa shape index (κ2) is 9.82. The molecule has 0 radical (unpaired) electrons. The number of rotatable bonds is 7. The average molecular weight is 472 g/mol. The van der Waals surface area contributed by atoms with Gasteiger partial charge >= 0.3 is 0 Å². The van der Waals surface area contributed by atoms with Gasteiger partial charge in [-0.2, -0.15) is 0 Å². The SMILES string of the molecule is Cc1ccc2nc(N(CCN(C)C)C(=O)CS(=O)(=O)c3ccc(F)cc3)sc2c1.Cl. The summed E-state index contributed by atoms with van der Waals surface area (Å²) in [5, 5.41) is 0.465. The number of likely N-dealkylation sites (N-methyl/N-ethyl adjacent to an activating group) is 1. The van der Waals surface area contributed by atoms with Gasteiger partial charge in [0.2, 0.25) is 5.91 Å². The van der Waals surface area contributed by atoms with Crippen LogP contribution in [-0.2, 0) is 14.6 Å². The number of thiazole rings is 1. The number of benzene rings is 2. The highest BCUT2D eigenvalue weighted by molar-refractivity contribution is 7.92. The Morgan fingerprint density at radius 1 is 1.10 bits per heavy atom. The zero-order valence-corrected chi connectivity index (χ0v) is 19.3. The lowest BCUT2D eigenvalue weighted by molar-refractivity contribution is -0.116. The smallest absolute Gasteiger partial charge is 0.244 e. The second-order valence-corrected chi connectivity index (χ2v) is 10.0. The average Bonchev–Trinajstić information content (AvgIpc) is 3.04. The molecule has 0 aliphatic heterocycles. The monoisotopic (exact) mass is 471 g/mol. The maximum absolute atomic E-state index is 13.1. The van der Waals surface area contributed by atoms with E-state index in [-0.39, 0.29) is 17.3 Å². The van der Waals surface area contributed by atoms with Gasteiger partial charge in [0.1, 0.15) is 11.6 Å². The summed E-state index contributed by atoms with van der Waals surface area (Å²) >= 11 is 1.35. The third-order valence-corrected chi connectivity index (χ3v) is 6.98. The number of aryl methyl sites for hydroxylation is 1. The minimum atomic E-state index is -3.90. The molecule has 0 unspecified atom stereocenters. The molecule has 1 heterocycles. The summed E-state index contributed by atoms with van der Waals surface area (Å²) in [6, 6.07) is 10.3. The molecule has 1 amide bonds. The fourth-order valence-electron chi connectivity index (χ4n) is 2.73. The molecule has 0 fully saturated rings. The van der Waals surface area contributed by atoms with Crippen molar-refractivity contribution >= 4 is 54.8 Å². The number of nitrogens with zero attached hydrogens (tertiary/aromatic N) is 3. The number of hydrogen-bond donors (Lipinski definition) is 0. The van der Waals surface area contributed by atoms with Gasteiger partial charge in [0.25, 0.3) is 0 Å². The summed E-state index contributed by atoms with van der Waals surface area (Å²) in [4.78, 5) is 20.7. The third-order valence-electron chi connectivity index (χ3n) is 4.32. The summed E-state index contributed by atoms with van der Waals surface area (Å²) in [5.74, 6) is -1.80. The molecule has 0 saturated carbocycles. The number of carbonyl (C=O) groups is 1. The van der Waals surface area contributed by atoms with Crippen LogP contribution in [0, 0.1) is 12.7 Å². The number of anilines is 1. The van der Waals surface area contributed by atoms with Crippen LogP contribution in [0.2, 0.25) is 0 Å². The van der Waals surface area contributed by atoms with E-state index in [1.54, 1.807) is 0 Å². The van der Waals surface area contributed by atoms with Crippen LogP contribution >= 0.6 is 23.7 Å². The predicted octanol–water partition coefficient (Wildman–Crippen LogP) is 3.53. The Labute approximate surface area is 185 Å². The van der Waals surface area contributed by atoms with Crippen molar-refractivity contribution < 1.29 is 17.6 Å². The molecule has 0 bridgehead atoms. The van der Waals surface area contributed by atoms with E-state index in [0.29, 0.717) is 18.2 Å². The van der Waals surface area contributed by atoms with Crippen LogP contribution in [0.15, 0.2) is 47.4 Å². The summed E-state index contributed by atoms with van der Waals surface area (Å²) in [6.07, 6.45) is 0. The second-order valence-electron chi connectivity index (χ2n) is 7.03. The molecule has 30 heavy (non-hydrogen) atoms. The van der Waals surface area contributed by atoms with Crippen molar-refractivity contribution in [2.45, 2.75) is 11.8 Å². The largest absolute Gasteiger partial charge is 0.308 e. The zero-order chi connectivity index (χ0) is 21.2. The number of amides is 1. The first-order chi connectivity index (χ1) is 13.7. The fraction of sp³-hybridized carbons (Fsp3) is 0.300. The van der Waals surface area contributed by atoms with Crippen LogP contribution < -0.4 is 4.90 Å². The maximum Gasteiger partial charge on any atom is 0.244 e. The third kappa shape index (κ3) is 5.75. The Kier molecular flexibility index (Phi) is 7.93. The number of halogens is 2. The summed E-state index contributed by atoms with van der Waals surface area (Å²) in [6.45, 7) is 2.84. The molecule has 3 rings (SSSR count). The molecule has 0 spiro atoms. The maximum atomic E-state index is 13.1. The van der Waals surface area contributed by atoms with Crippen LogP contribution in [0.1, 0.15) is 5.56 Å². The minimum absolute atomic E-state index is 0. The first kappa shape index (κ1) is 24.2. The quantitative estimate of drug-likeness (QED) is 0.493. The summed E-state index contributed by atoms with van der Waals surface area (Å²) < 4.78 is 39.3. The molecule has 2 aromatic carbocycles. The van der Waals surface area contributed by atoms with Crippen LogP contribution in [0.25, 0.3) is 10.2 Å². The number of aromatic nitrogens is 1. The lowest BCUT2D eigenvalue weighted by atomic mass is 10.2. The van der Waals surface area contributed by atoms with E-state index in [1.165, 1.54) is 28.4 Å². The van der Waals surface area contributed by atoms with Gasteiger partial charge in [-0.25, -0.2) is 17.8 Å². The predicted molar refractivity (Wildman–Crippen MR) is 121 cm³/mol. The Morgan fingerprint density at radius 3 is 2.40 bits per heavy atom. The topological polar surface area (TPSA) is 70.6 Å². The van der Waals surface area contributed by atoms with Gasteiger partial charge in [-0.05, 0) is 63.0 Å². The molecule has 10 heteroatoms. The highest BCUT2D eigenvalue weighted by Crippen LogP contribution is 2.30. The lowest BCUT2D eigenvalue weighted by Crippen LogP contribution is -2.40. The molecular formula is C20H23ClFN3O3S2. The van der Waals surface area contributed by atoms with Crippen LogP contribution in [0.3, 0.4) is 0 Å². The first-order valence-corrected chi connectivity index (χ1v) is 11.4. The van der Waals surface area contributed by atoms with Crippen molar-refractivity contribution in [3.05, 3.63) is 53.8 Å². The van der Waals surface area contributed by atoms with Gasteiger partial charge in [0.15, 0.2) is 15.0 Å². The van der Waals surface area contributed by atoms with Gasteiger partial charge in [-0.3, -0.25) is 9.69 Å². The molecule has 6 nitrogen and oxygen atoms in total. The fourth-order valence-corrected chi connectivity index (χ4v) is 5.03. The van der Waals surface area contributed by atoms with Gasteiger partial charge in [-0.15, -0.1) is 12.4 Å². The van der Waals surface area contributed by atoms with E-state index in [0.717, 1.165) is 27.9 Å². The van der Waals surface area contributed by atoms with Crippen molar-refractivity contribution in [2.75, 3.05) is 37.8 Å². The van der Waals surface area contributed by atoms with E-state index < -0.39 is 27.3 Å². The van der Waals surface area contributed by atoms with Crippen molar-refractivity contribution in [1.82, 2.24) is 9.88 Å². The molecule has 0 N–H and O–H groups in total. The summed E-state index contributed by atoms with van der Waals surface area (Å²) in [5.41, 5.74) is 1.84. The standard InChI is InChI=1S/C20H22FN3O3S2.ClH/c1-14-4-9-17-18(12-14)28-20(22-17)24(11-10-23(2)3)19(25)13-29(26,27)16-7-5-15(21)6-8-16;/h4-9,12H,10-11,13H2,1-3H3;1H.